The van der Waals surface area contributed by atoms with E-state index in [9.17, 15) is 13.2 Å². The van der Waals surface area contributed by atoms with Gasteiger partial charge in [-0.2, -0.15) is 13.2 Å². The van der Waals surface area contributed by atoms with Crippen LogP contribution >= 0.6 is 11.6 Å². The topological polar surface area (TPSA) is 35.2 Å². The third-order valence-corrected chi connectivity index (χ3v) is 3.19. The van der Waals surface area contributed by atoms with Gasteiger partial charge in [-0.3, -0.25) is 0 Å². The SMILES string of the molecule is NCC(CCCOCC(F)(F)F)Cc1ccc(Cl)cc1. The molecule has 2 N–H and O–H groups in total. The molecule has 0 saturated carbocycles. The van der Waals surface area contributed by atoms with Gasteiger partial charge >= 0.3 is 6.18 Å². The van der Waals surface area contributed by atoms with Crippen molar-refractivity contribution in [3.05, 3.63) is 34.9 Å². The predicted octanol–water partition coefficient (Wildman–Crippen LogP) is 3.82. The third-order valence-electron chi connectivity index (χ3n) is 2.94. The molecule has 1 rings (SSSR count). The minimum absolute atomic E-state index is 0.108. The van der Waals surface area contributed by atoms with E-state index in [0.717, 1.165) is 18.4 Å². The zero-order valence-corrected chi connectivity index (χ0v) is 11.9. The number of hydrogen-bond acceptors (Lipinski definition) is 2. The van der Waals surface area contributed by atoms with Gasteiger partial charge in [0.1, 0.15) is 6.61 Å². The Bertz CT molecular complexity index is 381. The number of ether oxygens (including phenoxy) is 1. The number of rotatable bonds is 8. The largest absolute Gasteiger partial charge is 0.411 e. The highest BCUT2D eigenvalue weighted by Crippen LogP contribution is 2.17. The molecule has 2 nitrogen and oxygen atoms in total. The van der Waals surface area contributed by atoms with Crippen LogP contribution < -0.4 is 5.73 Å². The van der Waals surface area contributed by atoms with Gasteiger partial charge in [0.05, 0.1) is 0 Å². The van der Waals surface area contributed by atoms with Gasteiger partial charge in [-0.05, 0) is 49.4 Å². The molecule has 1 atom stereocenters. The Morgan fingerprint density at radius 3 is 2.40 bits per heavy atom. The maximum absolute atomic E-state index is 11.9. The second kappa shape index (κ2) is 8.49. The number of halogens is 4. The van der Waals surface area contributed by atoms with Crippen molar-refractivity contribution in [3.8, 4) is 0 Å². The van der Waals surface area contributed by atoms with Gasteiger partial charge in [0, 0.05) is 11.6 Å². The normalized spacial score (nSPS) is 13.4. The van der Waals surface area contributed by atoms with E-state index in [1.54, 1.807) is 0 Å². The minimum atomic E-state index is -4.25. The summed E-state index contributed by atoms with van der Waals surface area (Å²) < 4.78 is 40.2. The van der Waals surface area contributed by atoms with Crippen molar-refractivity contribution in [3.63, 3.8) is 0 Å². The van der Waals surface area contributed by atoms with Crippen LogP contribution in [0.3, 0.4) is 0 Å². The van der Waals surface area contributed by atoms with Crippen LogP contribution in [0.5, 0.6) is 0 Å². The van der Waals surface area contributed by atoms with E-state index in [1.165, 1.54) is 0 Å². The van der Waals surface area contributed by atoms with Crippen molar-refractivity contribution in [2.45, 2.75) is 25.4 Å². The van der Waals surface area contributed by atoms with Crippen molar-refractivity contribution in [1.82, 2.24) is 0 Å². The summed E-state index contributed by atoms with van der Waals surface area (Å²) in [7, 11) is 0. The van der Waals surface area contributed by atoms with E-state index in [2.05, 4.69) is 4.74 Å². The lowest BCUT2D eigenvalue weighted by atomic mass is 9.95. The summed E-state index contributed by atoms with van der Waals surface area (Å²) in [6.45, 7) is -0.573. The molecule has 6 heteroatoms. The summed E-state index contributed by atoms with van der Waals surface area (Å²) in [5.41, 5.74) is 6.81. The molecule has 0 aliphatic rings. The Labute approximate surface area is 122 Å². The molecule has 0 fully saturated rings. The first kappa shape index (κ1) is 17.3. The average Bonchev–Trinajstić information content (AvgIpc) is 2.38. The van der Waals surface area contributed by atoms with Crippen LogP contribution in [-0.4, -0.2) is 25.9 Å². The van der Waals surface area contributed by atoms with Crippen LogP contribution in [0, 0.1) is 5.92 Å². The molecule has 0 saturated heterocycles. The fraction of sp³-hybridized carbons (Fsp3) is 0.571. The van der Waals surface area contributed by atoms with Crippen molar-refractivity contribution >= 4 is 11.6 Å². The van der Waals surface area contributed by atoms with Gasteiger partial charge in [-0.15, -0.1) is 0 Å². The van der Waals surface area contributed by atoms with Crippen LogP contribution in [0.2, 0.25) is 5.02 Å². The van der Waals surface area contributed by atoms with Crippen molar-refractivity contribution < 1.29 is 17.9 Å². The Morgan fingerprint density at radius 1 is 1.20 bits per heavy atom. The van der Waals surface area contributed by atoms with Gasteiger partial charge in [0.15, 0.2) is 0 Å². The molecule has 0 heterocycles. The molecule has 1 aromatic carbocycles. The minimum Gasteiger partial charge on any atom is -0.372 e. The van der Waals surface area contributed by atoms with E-state index >= 15 is 0 Å². The Hall–Kier alpha value is -0.780. The van der Waals surface area contributed by atoms with E-state index in [4.69, 9.17) is 17.3 Å². The van der Waals surface area contributed by atoms with Crippen LogP contribution in [0.4, 0.5) is 13.2 Å². The number of hydrogen-bond donors (Lipinski definition) is 1. The van der Waals surface area contributed by atoms with Crippen LogP contribution in [0.25, 0.3) is 0 Å². The van der Waals surface area contributed by atoms with Crippen molar-refractivity contribution in [1.29, 1.82) is 0 Å². The van der Waals surface area contributed by atoms with Crippen LogP contribution in [0.15, 0.2) is 24.3 Å². The Kier molecular flexibility index (Phi) is 7.34. The van der Waals surface area contributed by atoms with Crippen molar-refractivity contribution in [2.24, 2.45) is 11.7 Å². The van der Waals surface area contributed by atoms with Gasteiger partial charge in [0.25, 0.3) is 0 Å². The fourth-order valence-electron chi connectivity index (χ4n) is 1.92. The van der Waals surface area contributed by atoms with E-state index < -0.39 is 12.8 Å². The van der Waals surface area contributed by atoms with Gasteiger partial charge < -0.3 is 10.5 Å². The molecule has 20 heavy (non-hydrogen) atoms. The maximum atomic E-state index is 11.9. The second-order valence-electron chi connectivity index (χ2n) is 4.74. The van der Waals surface area contributed by atoms with Crippen molar-refractivity contribution in [2.75, 3.05) is 19.8 Å². The molecule has 1 aromatic rings. The number of nitrogens with two attached hydrogens (primary N) is 1. The molecule has 114 valence electrons. The third kappa shape index (κ3) is 7.72. The first-order valence-electron chi connectivity index (χ1n) is 6.49. The molecule has 0 amide bonds. The smallest absolute Gasteiger partial charge is 0.372 e. The quantitative estimate of drug-likeness (QED) is 0.741. The summed E-state index contributed by atoms with van der Waals surface area (Å²) in [5, 5.41) is 0.679. The van der Waals surface area contributed by atoms with Gasteiger partial charge in [0.2, 0.25) is 0 Å². The summed E-state index contributed by atoms with van der Waals surface area (Å²) in [5.74, 6) is 0.241. The van der Waals surface area contributed by atoms with E-state index in [1.807, 2.05) is 24.3 Å². The zero-order chi connectivity index (χ0) is 15.0. The zero-order valence-electron chi connectivity index (χ0n) is 11.1. The molecule has 0 spiro atoms. The number of alkyl halides is 3. The molecule has 0 aromatic heterocycles. The van der Waals surface area contributed by atoms with Crippen LogP contribution in [-0.2, 0) is 11.2 Å². The predicted molar refractivity (Wildman–Crippen MR) is 73.8 cm³/mol. The Morgan fingerprint density at radius 2 is 1.85 bits per heavy atom. The van der Waals surface area contributed by atoms with Gasteiger partial charge in [-0.1, -0.05) is 23.7 Å². The Balaban J connectivity index is 2.24. The first-order chi connectivity index (χ1) is 9.40. The van der Waals surface area contributed by atoms with E-state index in [-0.39, 0.29) is 12.5 Å². The standard InChI is InChI=1S/C14H19ClF3NO/c15-13-5-3-11(4-6-13)8-12(9-19)2-1-7-20-10-14(16,17)18/h3-6,12H,1-2,7-10,19H2. The average molecular weight is 310 g/mol. The summed E-state index contributed by atoms with van der Waals surface area (Å²) >= 11 is 5.80. The maximum Gasteiger partial charge on any atom is 0.411 e. The van der Waals surface area contributed by atoms with Crippen LogP contribution in [0.1, 0.15) is 18.4 Å². The molecule has 0 aliphatic heterocycles. The highest BCUT2D eigenvalue weighted by Gasteiger charge is 2.27. The summed E-state index contributed by atoms with van der Waals surface area (Å²) in [6, 6.07) is 7.50. The number of benzene rings is 1. The molecular weight excluding hydrogens is 291 g/mol. The highest BCUT2D eigenvalue weighted by atomic mass is 35.5. The highest BCUT2D eigenvalue weighted by molar-refractivity contribution is 6.30. The molecule has 0 radical (unpaired) electrons. The van der Waals surface area contributed by atoms with Gasteiger partial charge in [-0.25, -0.2) is 0 Å². The van der Waals surface area contributed by atoms with E-state index in [0.29, 0.717) is 18.0 Å². The molecule has 1 unspecified atom stereocenters. The molecule has 0 bridgehead atoms. The lowest BCUT2D eigenvalue weighted by molar-refractivity contribution is -0.174. The second-order valence-corrected chi connectivity index (χ2v) is 5.18. The fourth-order valence-corrected chi connectivity index (χ4v) is 2.05. The monoisotopic (exact) mass is 309 g/mol. The molecule has 0 aliphatic carbocycles. The lowest BCUT2D eigenvalue weighted by Gasteiger charge is -2.15. The lowest BCUT2D eigenvalue weighted by Crippen LogP contribution is -2.19. The first-order valence-corrected chi connectivity index (χ1v) is 6.87. The summed E-state index contributed by atoms with van der Waals surface area (Å²) in [6.07, 6.45) is -2.13. The summed E-state index contributed by atoms with van der Waals surface area (Å²) in [4.78, 5) is 0. The molecular formula is C14H19ClF3NO.